The first-order valence-electron chi connectivity index (χ1n) is 5.82. The number of nitrogens with one attached hydrogen (secondary N) is 1. The van der Waals surface area contributed by atoms with Gasteiger partial charge in [0.25, 0.3) is 0 Å². The van der Waals surface area contributed by atoms with Gasteiger partial charge >= 0.3 is 0 Å². The zero-order valence-corrected chi connectivity index (χ0v) is 12.4. The Labute approximate surface area is 127 Å². The van der Waals surface area contributed by atoms with Crippen molar-refractivity contribution < 1.29 is 9.18 Å². The molecular formula is C15H8BrClFNO. The van der Waals surface area contributed by atoms with Gasteiger partial charge in [-0.1, -0.05) is 11.6 Å². The number of hydrogen-bond acceptors (Lipinski definition) is 1. The highest BCUT2D eigenvalue weighted by Gasteiger charge is 2.17. The van der Waals surface area contributed by atoms with Gasteiger partial charge in [0.2, 0.25) is 0 Å². The molecule has 0 radical (unpaired) electrons. The minimum atomic E-state index is -0.374. The number of ketones is 1. The molecule has 0 bridgehead atoms. The van der Waals surface area contributed by atoms with E-state index in [4.69, 9.17) is 11.6 Å². The van der Waals surface area contributed by atoms with E-state index in [9.17, 15) is 9.18 Å². The van der Waals surface area contributed by atoms with E-state index in [-0.39, 0.29) is 11.6 Å². The molecule has 2 nitrogen and oxygen atoms in total. The lowest BCUT2D eigenvalue weighted by Gasteiger charge is -2.03. The fraction of sp³-hybridized carbons (Fsp3) is 0. The summed E-state index contributed by atoms with van der Waals surface area (Å²) >= 11 is 9.19. The molecule has 1 heterocycles. The van der Waals surface area contributed by atoms with E-state index in [1.54, 1.807) is 30.5 Å². The largest absolute Gasteiger partial charge is 0.360 e. The quantitative estimate of drug-likeness (QED) is 0.650. The Bertz CT molecular complexity index is 828. The van der Waals surface area contributed by atoms with Gasteiger partial charge in [0.15, 0.2) is 5.78 Å². The maximum Gasteiger partial charge on any atom is 0.196 e. The van der Waals surface area contributed by atoms with Gasteiger partial charge in [-0.2, -0.15) is 0 Å². The van der Waals surface area contributed by atoms with Gasteiger partial charge < -0.3 is 4.98 Å². The standard InChI is InChI=1S/C15H8BrClFNO/c16-13-5-8(17)1-3-10(13)15(20)12-7-19-14-4-2-9(18)6-11(12)14/h1-7,19H. The molecule has 0 amide bonds. The number of halogens is 3. The van der Waals surface area contributed by atoms with Crippen LogP contribution in [0.1, 0.15) is 15.9 Å². The third-order valence-electron chi connectivity index (χ3n) is 3.06. The van der Waals surface area contributed by atoms with Crippen molar-refractivity contribution in [2.45, 2.75) is 0 Å². The number of carbonyl (C=O) groups excluding carboxylic acids is 1. The van der Waals surface area contributed by atoms with Crippen LogP contribution in [0.5, 0.6) is 0 Å². The van der Waals surface area contributed by atoms with Crippen molar-refractivity contribution in [1.29, 1.82) is 0 Å². The van der Waals surface area contributed by atoms with Crippen LogP contribution in [0.2, 0.25) is 5.02 Å². The van der Waals surface area contributed by atoms with Crippen molar-refractivity contribution >= 4 is 44.2 Å². The SMILES string of the molecule is O=C(c1ccc(Cl)cc1Br)c1c[nH]c2ccc(F)cc12. The summed E-state index contributed by atoms with van der Waals surface area (Å²) in [6.07, 6.45) is 1.59. The minimum Gasteiger partial charge on any atom is -0.360 e. The monoisotopic (exact) mass is 351 g/mol. The second-order valence-corrected chi connectivity index (χ2v) is 5.64. The van der Waals surface area contributed by atoms with Crippen LogP contribution in [-0.4, -0.2) is 10.8 Å². The number of hydrogen-bond donors (Lipinski definition) is 1. The van der Waals surface area contributed by atoms with Gasteiger partial charge in [0.05, 0.1) is 0 Å². The van der Waals surface area contributed by atoms with Crippen LogP contribution in [0.25, 0.3) is 10.9 Å². The Morgan fingerprint density at radius 3 is 2.70 bits per heavy atom. The third-order valence-corrected chi connectivity index (χ3v) is 3.96. The van der Waals surface area contributed by atoms with Crippen molar-refractivity contribution in [3.05, 3.63) is 69.0 Å². The van der Waals surface area contributed by atoms with Crippen LogP contribution in [0.4, 0.5) is 4.39 Å². The number of rotatable bonds is 2. The summed E-state index contributed by atoms with van der Waals surface area (Å²) in [5, 5.41) is 1.11. The van der Waals surface area contributed by atoms with Crippen molar-refractivity contribution in [2.75, 3.05) is 0 Å². The predicted molar refractivity (Wildman–Crippen MR) is 80.8 cm³/mol. The first-order valence-corrected chi connectivity index (χ1v) is 7.00. The minimum absolute atomic E-state index is 0.189. The fourth-order valence-corrected chi connectivity index (χ4v) is 2.96. The van der Waals surface area contributed by atoms with Gasteiger partial charge in [-0.25, -0.2) is 4.39 Å². The molecule has 1 aromatic heterocycles. The van der Waals surface area contributed by atoms with E-state index >= 15 is 0 Å². The second kappa shape index (κ2) is 5.04. The highest BCUT2D eigenvalue weighted by atomic mass is 79.9. The summed E-state index contributed by atoms with van der Waals surface area (Å²) < 4.78 is 14.0. The van der Waals surface area contributed by atoms with E-state index in [1.807, 2.05) is 0 Å². The van der Waals surface area contributed by atoms with Crippen molar-refractivity contribution in [1.82, 2.24) is 4.98 Å². The maximum absolute atomic E-state index is 13.3. The molecule has 2 aromatic carbocycles. The first-order chi connectivity index (χ1) is 9.56. The molecule has 20 heavy (non-hydrogen) atoms. The molecule has 0 aliphatic carbocycles. The number of aromatic nitrogens is 1. The Hall–Kier alpha value is -1.65. The number of aromatic amines is 1. The van der Waals surface area contributed by atoms with Crippen LogP contribution >= 0.6 is 27.5 Å². The van der Waals surface area contributed by atoms with Crippen molar-refractivity contribution in [3.8, 4) is 0 Å². The zero-order chi connectivity index (χ0) is 14.3. The van der Waals surface area contributed by atoms with Gasteiger partial charge in [-0.15, -0.1) is 0 Å². The van der Waals surface area contributed by atoms with E-state index < -0.39 is 0 Å². The smallest absolute Gasteiger partial charge is 0.196 e. The van der Waals surface area contributed by atoms with Crippen LogP contribution < -0.4 is 0 Å². The van der Waals surface area contributed by atoms with Crippen molar-refractivity contribution in [2.24, 2.45) is 0 Å². The molecule has 1 N–H and O–H groups in total. The molecule has 100 valence electrons. The van der Waals surface area contributed by atoms with Crippen molar-refractivity contribution in [3.63, 3.8) is 0 Å². The van der Waals surface area contributed by atoms with E-state index in [1.165, 1.54) is 12.1 Å². The molecule has 0 aliphatic rings. The number of benzene rings is 2. The van der Waals surface area contributed by atoms with E-state index in [2.05, 4.69) is 20.9 Å². The molecular weight excluding hydrogens is 345 g/mol. The summed E-state index contributed by atoms with van der Waals surface area (Å²) in [7, 11) is 0. The lowest BCUT2D eigenvalue weighted by atomic mass is 10.0. The van der Waals surface area contributed by atoms with Gasteiger partial charge in [-0.05, 0) is 52.3 Å². The van der Waals surface area contributed by atoms with Crippen LogP contribution in [0.15, 0.2) is 47.1 Å². The molecule has 0 spiro atoms. The highest BCUT2D eigenvalue weighted by molar-refractivity contribution is 9.10. The lowest BCUT2D eigenvalue weighted by molar-refractivity contribution is 0.103. The summed E-state index contributed by atoms with van der Waals surface area (Å²) in [5.41, 5.74) is 1.64. The molecule has 0 unspecified atom stereocenters. The molecule has 3 aromatic rings. The Kier molecular flexibility index (Phi) is 3.36. The lowest BCUT2D eigenvalue weighted by Crippen LogP contribution is -2.01. The molecule has 0 aliphatic heterocycles. The van der Waals surface area contributed by atoms with Gasteiger partial charge in [0, 0.05) is 37.7 Å². The molecule has 5 heteroatoms. The third kappa shape index (κ3) is 2.25. The topological polar surface area (TPSA) is 32.9 Å². The molecule has 3 rings (SSSR count). The Balaban J connectivity index is 2.15. The summed E-state index contributed by atoms with van der Waals surface area (Å²) in [6.45, 7) is 0. The molecule has 0 fully saturated rings. The molecule has 0 saturated heterocycles. The maximum atomic E-state index is 13.3. The van der Waals surface area contributed by atoms with Crippen LogP contribution in [0, 0.1) is 5.82 Å². The summed E-state index contributed by atoms with van der Waals surface area (Å²) in [5.74, 6) is -0.563. The summed E-state index contributed by atoms with van der Waals surface area (Å²) in [6, 6.07) is 9.26. The number of carbonyl (C=O) groups is 1. The average molecular weight is 353 g/mol. The van der Waals surface area contributed by atoms with Crippen LogP contribution in [-0.2, 0) is 0 Å². The van der Waals surface area contributed by atoms with E-state index in [0.717, 1.165) is 5.52 Å². The Morgan fingerprint density at radius 1 is 1.15 bits per heavy atom. The first kappa shape index (κ1) is 13.3. The molecule has 0 atom stereocenters. The fourth-order valence-electron chi connectivity index (χ4n) is 2.10. The van der Waals surface area contributed by atoms with Crippen LogP contribution in [0.3, 0.4) is 0 Å². The Morgan fingerprint density at radius 2 is 1.95 bits per heavy atom. The van der Waals surface area contributed by atoms with Gasteiger partial charge in [0.1, 0.15) is 5.82 Å². The predicted octanol–water partition coefficient (Wildman–Crippen LogP) is 4.95. The van der Waals surface area contributed by atoms with Gasteiger partial charge in [-0.3, -0.25) is 4.79 Å². The van der Waals surface area contributed by atoms with E-state index in [0.29, 0.717) is 26.0 Å². The number of H-pyrrole nitrogens is 1. The average Bonchev–Trinajstić information content (AvgIpc) is 2.81. The highest BCUT2D eigenvalue weighted by Crippen LogP contribution is 2.27. The molecule has 0 saturated carbocycles. The number of fused-ring (bicyclic) bond motifs is 1. The zero-order valence-electron chi connectivity index (χ0n) is 10.1. The summed E-state index contributed by atoms with van der Waals surface area (Å²) in [4.78, 5) is 15.5. The normalized spacial score (nSPS) is 10.9. The second-order valence-electron chi connectivity index (χ2n) is 4.35.